The van der Waals surface area contributed by atoms with E-state index in [4.69, 9.17) is 0 Å². The van der Waals surface area contributed by atoms with E-state index in [0.717, 1.165) is 6.07 Å². The van der Waals surface area contributed by atoms with Crippen molar-refractivity contribution in [2.45, 2.75) is 25.6 Å². The van der Waals surface area contributed by atoms with Crippen molar-refractivity contribution in [3.05, 3.63) is 34.9 Å². The average molecular weight is 248 g/mol. The molecule has 0 aliphatic heterocycles. The van der Waals surface area contributed by atoms with Gasteiger partial charge in [0.15, 0.2) is 11.6 Å². The first-order chi connectivity index (χ1) is 7.49. The van der Waals surface area contributed by atoms with Gasteiger partial charge in [-0.2, -0.15) is 12.6 Å². The summed E-state index contributed by atoms with van der Waals surface area (Å²) in [6.45, 7) is 1.37. The third kappa shape index (κ3) is 2.72. The molecule has 2 N–H and O–H groups in total. The zero-order valence-corrected chi connectivity index (χ0v) is 9.72. The van der Waals surface area contributed by atoms with Crippen LogP contribution in [0.5, 0.6) is 0 Å². The van der Waals surface area contributed by atoms with Crippen LogP contribution in [0.3, 0.4) is 0 Å². The van der Waals surface area contributed by atoms with E-state index in [1.54, 1.807) is 0 Å². The van der Waals surface area contributed by atoms with Crippen LogP contribution < -0.4 is 0 Å². The molecule has 0 aliphatic rings. The Balaban J connectivity index is 3.00. The highest BCUT2D eigenvalue weighted by Gasteiger charge is 2.21. The number of aliphatic hydroxyl groups is 2. The summed E-state index contributed by atoms with van der Waals surface area (Å²) < 4.78 is 26.1. The second-order valence-corrected chi connectivity index (χ2v) is 4.05. The predicted octanol–water partition coefficient (Wildman–Crippen LogP) is 1.99. The molecule has 0 radical (unpaired) electrons. The van der Waals surface area contributed by atoms with E-state index < -0.39 is 23.8 Å². The van der Waals surface area contributed by atoms with Gasteiger partial charge in [-0.25, -0.2) is 8.78 Å². The van der Waals surface area contributed by atoms with Gasteiger partial charge < -0.3 is 10.2 Å². The molecule has 0 aliphatic carbocycles. The third-order valence-corrected chi connectivity index (χ3v) is 2.75. The van der Waals surface area contributed by atoms with Crippen LogP contribution in [0.25, 0.3) is 0 Å². The van der Waals surface area contributed by atoms with Gasteiger partial charge in [-0.15, -0.1) is 0 Å². The minimum absolute atomic E-state index is 0.0192. The van der Waals surface area contributed by atoms with Gasteiger partial charge in [0, 0.05) is 0 Å². The molecule has 0 fully saturated rings. The summed E-state index contributed by atoms with van der Waals surface area (Å²) in [5, 5.41) is 19.3. The summed E-state index contributed by atoms with van der Waals surface area (Å²) in [6.07, 6.45) is -1.97. The maximum absolute atomic E-state index is 13.2. The van der Waals surface area contributed by atoms with Crippen LogP contribution in [0.2, 0.25) is 0 Å². The molecule has 1 aromatic rings. The molecule has 1 aromatic carbocycles. The molecule has 1 rings (SSSR count). The molecule has 16 heavy (non-hydrogen) atoms. The van der Waals surface area contributed by atoms with Crippen molar-refractivity contribution >= 4 is 12.6 Å². The maximum atomic E-state index is 13.2. The summed E-state index contributed by atoms with van der Waals surface area (Å²) >= 11 is 3.92. The van der Waals surface area contributed by atoms with E-state index in [2.05, 4.69) is 12.6 Å². The summed E-state index contributed by atoms with van der Waals surface area (Å²) in [5.74, 6) is -1.55. The Kier molecular flexibility index (Phi) is 4.70. The summed E-state index contributed by atoms with van der Waals surface area (Å²) in [6, 6.07) is 2.22. The van der Waals surface area contributed by atoms with Gasteiger partial charge in [0.05, 0.1) is 6.10 Å². The van der Waals surface area contributed by atoms with E-state index in [0.29, 0.717) is 5.75 Å². The topological polar surface area (TPSA) is 40.5 Å². The Morgan fingerprint density at radius 2 is 1.94 bits per heavy atom. The Labute approximate surface area is 98.3 Å². The van der Waals surface area contributed by atoms with Crippen LogP contribution in [0, 0.1) is 18.6 Å². The summed E-state index contributed by atoms with van der Waals surface area (Å²) in [7, 11) is 0. The average Bonchev–Trinajstić information content (AvgIpc) is 2.26. The summed E-state index contributed by atoms with van der Waals surface area (Å²) in [5.41, 5.74) is 0.221. The largest absolute Gasteiger partial charge is 0.390 e. The molecule has 0 bridgehead atoms. The molecule has 90 valence electrons. The maximum Gasteiger partial charge on any atom is 0.162 e. The van der Waals surface area contributed by atoms with Gasteiger partial charge in [-0.3, -0.25) is 0 Å². The van der Waals surface area contributed by atoms with Crippen molar-refractivity contribution in [1.82, 2.24) is 0 Å². The second kappa shape index (κ2) is 5.61. The lowest BCUT2D eigenvalue weighted by Crippen LogP contribution is -2.20. The molecule has 5 heteroatoms. The van der Waals surface area contributed by atoms with Crippen LogP contribution >= 0.6 is 12.6 Å². The fourth-order valence-corrected chi connectivity index (χ4v) is 1.75. The van der Waals surface area contributed by atoms with Gasteiger partial charge in [0.25, 0.3) is 0 Å². The first-order valence-electron chi connectivity index (χ1n) is 4.90. The minimum atomic E-state index is -1.22. The molecule has 2 atom stereocenters. The molecule has 0 heterocycles. The minimum Gasteiger partial charge on any atom is -0.390 e. The first kappa shape index (κ1) is 13.4. The lowest BCUT2D eigenvalue weighted by atomic mass is 9.98. The Bertz CT molecular complexity index is 371. The molecule has 0 spiro atoms. The van der Waals surface area contributed by atoms with E-state index in [-0.39, 0.29) is 17.5 Å². The van der Waals surface area contributed by atoms with Crippen molar-refractivity contribution in [3.63, 3.8) is 0 Å². The van der Waals surface area contributed by atoms with E-state index in [1.165, 1.54) is 13.0 Å². The Hall–Kier alpha value is -0.650. The highest BCUT2D eigenvalue weighted by Crippen LogP contribution is 2.25. The van der Waals surface area contributed by atoms with Crippen molar-refractivity contribution in [2.24, 2.45) is 0 Å². The fraction of sp³-hybridized carbons (Fsp3) is 0.455. The van der Waals surface area contributed by atoms with E-state index in [9.17, 15) is 19.0 Å². The number of rotatable bonds is 4. The number of aliphatic hydroxyl groups excluding tert-OH is 2. The number of halogens is 2. The Morgan fingerprint density at radius 3 is 2.50 bits per heavy atom. The van der Waals surface area contributed by atoms with Gasteiger partial charge in [-0.05, 0) is 36.3 Å². The monoisotopic (exact) mass is 248 g/mol. The molecular weight excluding hydrogens is 234 g/mol. The predicted molar refractivity (Wildman–Crippen MR) is 60.5 cm³/mol. The lowest BCUT2D eigenvalue weighted by molar-refractivity contribution is 0.0166. The molecule has 2 nitrogen and oxygen atoms in total. The van der Waals surface area contributed by atoms with Crippen molar-refractivity contribution < 1.29 is 19.0 Å². The quantitative estimate of drug-likeness (QED) is 0.713. The third-order valence-electron chi connectivity index (χ3n) is 2.49. The van der Waals surface area contributed by atoms with E-state index >= 15 is 0 Å². The number of benzene rings is 1. The van der Waals surface area contributed by atoms with Crippen LogP contribution in [-0.4, -0.2) is 22.1 Å². The van der Waals surface area contributed by atoms with Crippen molar-refractivity contribution in [2.75, 3.05) is 5.75 Å². The standard InChI is InChI=1S/C11H14F2O2S/c1-6-7(2-3-8(12)10(6)13)11(15)9(14)4-5-16/h2-3,9,11,14-16H,4-5H2,1H3. The SMILES string of the molecule is Cc1c(C(O)C(O)CCS)ccc(F)c1F. The number of thiol groups is 1. The highest BCUT2D eigenvalue weighted by atomic mass is 32.1. The van der Waals surface area contributed by atoms with Gasteiger partial charge in [-0.1, -0.05) is 6.07 Å². The Morgan fingerprint density at radius 1 is 1.31 bits per heavy atom. The molecule has 0 amide bonds. The van der Waals surface area contributed by atoms with Gasteiger partial charge >= 0.3 is 0 Å². The normalized spacial score (nSPS) is 14.9. The first-order valence-corrected chi connectivity index (χ1v) is 5.53. The smallest absolute Gasteiger partial charge is 0.162 e. The van der Waals surface area contributed by atoms with Crippen molar-refractivity contribution in [3.8, 4) is 0 Å². The zero-order chi connectivity index (χ0) is 12.3. The molecule has 0 saturated carbocycles. The van der Waals surface area contributed by atoms with Crippen LogP contribution in [0.4, 0.5) is 8.78 Å². The van der Waals surface area contributed by atoms with Crippen LogP contribution in [-0.2, 0) is 0 Å². The van der Waals surface area contributed by atoms with Crippen LogP contribution in [0.15, 0.2) is 12.1 Å². The zero-order valence-electron chi connectivity index (χ0n) is 8.82. The lowest BCUT2D eigenvalue weighted by Gasteiger charge is -2.19. The molecule has 2 unspecified atom stereocenters. The van der Waals surface area contributed by atoms with Crippen LogP contribution in [0.1, 0.15) is 23.7 Å². The summed E-state index contributed by atoms with van der Waals surface area (Å²) in [4.78, 5) is 0. The molecular formula is C11H14F2O2S. The van der Waals surface area contributed by atoms with Crippen molar-refractivity contribution in [1.29, 1.82) is 0 Å². The fourth-order valence-electron chi connectivity index (χ4n) is 1.48. The number of hydrogen-bond acceptors (Lipinski definition) is 3. The van der Waals surface area contributed by atoms with Gasteiger partial charge in [0.1, 0.15) is 6.10 Å². The second-order valence-electron chi connectivity index (χ2n) is 3.60. The highest BCUT2D eigenvalue weighted by molar-refractivity contribution is 7.80. The van der Waals surface area contributed by atoms with E-state index in [1.807, 2.05) is 0 Å². The number of hydrogen-bond donors (Lipinski definition) is 3. The molecule has 0 aromatic heterocycles. The molecule has 0 saturated heterocycles. The van der Waals surface area contributed by atoms with Gasteiger partial charge in [0.2, 0.25) is 0 Å².